The van der Waals surface area contributed by atoms with Gasteiger partial charge >= 0.3 is 0 Å². The Kier molecular flexibility index (Phi) is 8.14. The molecule has 22 heavy (non-hydrogen) atoms. The summed E-state index contributed by atoms with van der Waals surface area (Å²) in [6, 6.07) is 0. The zero-order chi connectivity index (χ0) is 15.2. The second-order valence-corrected chi connectivity index (χ2v) is 6.30. The van der Waals surface area contributed by atoms with E-state index in [0.29, 0.717) is 19.0 Å². The first-order chi connectivity index (χ1) is 10.1. The largest absolute Gasteiger partial charge is 0.355 e. The number of nitrogens with one attached hydrogen (secondary N) is 2. The van der Waals surface area contributed by atoms with E-state index >= 15 is 0 Å². The van der Waals surface area contributed by atoms with Crippen LogP contribution < -0.4 is 10.6 Å². The minimum absolute atomic E-state index is 0. The van der Waals surface area contributed by atoms with Crippen LogP contribution in [0.4, 0.5) is 0 Å². The normalized spacial score (nSPS) is 24.3. The third-order valence-electron chi connectivity index (χ3n) is 4.53. The van der Waals surface area contributed by atoms with Crippen molar-refractivity contribution in [1.82, 2.24) is 20.4 Å². The Morgan fingerprint density at radius 3 is 2.77 bits per heavy atom. The quantitative estimate of drug-likeness (QED) is 0.715. The Bertz CT molecular complexity index is 381. The Morgan fingerprint density at radius 1 is 1.32 bits per heavy atom. The smallest absolute Gasteiger partial charge is 0.239 e. The van der Waals surface area contributed by atoms with Crippen LogP contribution in [0, 0.1) is 11.8 Å². The lowest BCUT2D eigenvalue weighted by Crippen LogP contribution is -2.47. The number of amides is 2. The Balaban J connectivity index is 0.00000242. The van der Waals surface area contributed by atoms with Gasteiger partial charge in [0.25, 0.3) is 0 Å². The van der Waals surface area contributed by atoms with E-state index in [1.807, 2.05) is 6.92 Å². The maximum Gasteiger partial charge on any atom is 0.239 e. The summed E-state index contributed by atoms with van der Waals surface area (Å²) in [6.07, 6.45) is 2.08. The molecule has 0 spiro atoms. The second kappa shape index (κ2) is 9.33. The first-order valence-electron chi connectivity index (χ1n) is 8.04. The van der Waals surface area contributed by atoms with Crippen LogP contribution in [0.1, 0.15) is 19.8 Å². The van der Waals surface area contributed by atoms with E-state index in [1.165, 1.54) is 11.3 Å². The van der Waals surface area contributed by atoms with Gasteiger partial charge in [-0.1, -0.05) is 6.92 Å². The molecule has 0 aromatic heterocycles. The van der Waals surface area contributed by atoms with Gasteiger partial charge in [-0.25, -0.2) is 0 Å². The highest BCUT2D eigenvalue weighted by Crippen LogP contribution is 2.26. The summed E-state index contributed by atoms with van der Waals surface area (Å²) < 4.78 is 0. The van der Waals surface area contributed by atoms with Gasteiger partial charge < -0.3 is 15.5 Å². The van der Waals surface area contributed by atoms with Crippen LogP contribution in [0.25, 0.3) is 0 Å². The zero-order valence-electron chi connectivity index (χ0n) is 13.6. The number of nitrogens with zero attached hydrogens (tertiary/aromatic N) is 2. The maximum atomic E-state index is 12.2. The van der Waals surface area contributed by atoms with Crippen LogP contribution in [0.2, 0.25) is 0 Å². The number of hydrogen-bond donors (Lipinski definition) is 2. The van der Waals surface area contributed by atoms with Gasteiger partial charge in [0.1, 0.15) is 0 Å². The van der Waals surface area contributed by atoms with E-state index in [1.54, 1.807) is 7.05 Å². The highest BCUT2D eigenvalue weighted by molar-refractivity contribution is 5.85. The molecule has 2 unspecified atom stereocenters. The van der Waals surface area contributed by atoms with Gasteiger partial charge in [-0.05, 0) is 44.3 Å². The summed E-state index contributed by atoms with van der Waals surface area (Å²) in [7, 11) is 1.71. The summed E-state index contributed by atoms with van der Waals surface area (Å²) >= 11 is 0. The van der Waals surface area contributed by atoms with Crippen molar-refractivity contribution in [3.05, 3.63) is 0 Å². The molecule has 2 aliphatic rings. The van der Waals surface area contributed by atoms with Crippen molar-refractivity contribution in [3.63, 3.8) is 0 Å². The van der Waals surface area contributed by atoms with Gasteiger partial charge in [0.15, 0.2) is 0 Å². The molecule has 0 saturated carbocycles. The van der Waals surface area contributed by atoms with Crippen LogP contribution in [0.3, 0.4) is 0 Å². The van der Waals surface area contributed by atoms with Crippen molar-refractivity contribution < 1.29 is 9.59 Å². The molecule has 0 aromatic carbocycles. The third kappa shape index (κ3) is 5.41. The molecule has 6 nitrogen and oxygen atoms in total. The standard InChI is InChI=1S/C15H28N4O2.ClH/c1-3-5-17-14(20)10-18(2)15(21)11-19-6-4-12-7-16-8-13(12)9-19;/h12-13,16H,3-11H2,1-2H3,(H,17,20);1H. The molecule has 2 heterocycles. The van der Waals surface area contributed by atoms with Crippen molar-refractivity contribution in [2.45, 2.75) is 19.8 Å². The number of likely N-dealkylation sites (tertiary alicyclic amines) is 1. The molecular formula is C15H29ClN4O2. The van der Waals surface area contributed by atoms with Gasteiger partial charge in [0, 0.05) is 20.1 Å². The molecule has 0 bridgehead atoms. The van der Waals surface area contributed by atoms with Crippen LogP contribution in [-0.4, -0.2) is 74.5 Å². The zero-order valence-corrected chi connectivity index (χ0v) is 14.5. The first kappa shape index (κ1) is 19.2. The maximum absolute atomic E-state index is 12.2. The third-order valence-corrected chi connectivity index (χ3v) is 4.53. The number of rotatable bonds is 6. The van der Waals surface area contributed by atoms with Gasteiger partial charge in [-0.15, -0.1) is 12.4 Å². The second-order valence-electron chi connectivity index (χ2n) is 6.30. The predicted molar refractivity (Wildman–Crippen MR) is 89.1 cm³/mol. The Morgan fingerprint density at radius 2 is 2.05 bits per heavy atom. The van der Waals surface area contributed by atoms with E-state index in [9.17, 15) is 9.59 Å². The molecule has 7 heteroatoms. The number of likely N-dealkylation sites (N-methyl/N-ethyl adjacent to an activating group) is 1. The predicted octanol–water partition coefficient (Wildman–Crippen LogP) is -0.0659. The lowest BCUT2D eigenvalue weighted by atomic mass is 9.89. The van der Waals surface area contributed by atoms with Crippen molar-refractivity contribution in [3.8, 4) is 0 Å². The molecule has 0 radical (unpaired) electrons. The average molecular weight is 333 g/mol. The van der Waals surface area contributed by atoms with Gasteiger partial charge in [0.05, 0.1) is 13.1 Å². The summed E-state index contributed by atoms with van der Waals surface area (Å²) in [5.41, 5.74) is 0. The van der Waals surface area contributed by atoms with Crippen molar-refractivity contribution in [1.29, 1.82) is 0 Å². The van der Waals surface area contributed by atoms with Crippen LogP contribution >= 0.6 is 12.4 Å². The Hall–Kier alpha value is -0.850. The summed E-state index contributed by atoms with van der Waals surface area (Å²) in [6.45, 7) is 7.46. The topological polar surface area (TPSA) is 64.7 Å². The lowest BCUT2D eigenvalue weighted by molar-refractivity contribution is -0.136. The lowest BCUT2D eigenvalue weighted by Gasteiger charge is -2.34. The number of halogens is 1. The molecule has 2 aliphatic heterocycles. The number of hydrogen-bond acceptors (Lipinski definition) is 4. The highest BCUT2D eigenvalue weighted by Gasteiger charge is 2.33. The number of fused-ring (bicyclic) bond motifs is 1. The molecular weight excluding hydrogens is 304 g/mol. The van der Waals surface area contributed by atoms with Crippen molar-refractivity contribution in [2.75, 3.05) is 52.9 Å². The number of carbonyl (C=O) groups is 2. The fourth-order valence-electron chi connectivity index (χ4n) is 3.19. The molecule has 0 aromatic rings. The van der Waals surface area contributed by atoms with E-state index in [4.69, 9.17) is 0 Å². The van der Waals surface area contributed by atoms with Crippen molar-refractivity contribution in [2.24, 2.45) is 11.8 Å². The molecule has 2 amide bonds. The molecule has 2 N–H and O–H groups in total. The molecule has 2 saturated heterocycles. The first-order valence-corrected chi connectivity index (χ1v) is 8.04. The summed E-state index contributed by atoms with van der Waals surface area (Å²) in [5.74, 6) is 1.43. The molecule has 2 rings (SSSR count). The van der Waals surface area contributed by atoms with Gasteiger partial charge in [0.2, 0.25) is 11.8 Å². The fraction of sp³-hybridized carbons (Fsp3) is 0.867. The van der Waals surface area contributed by atoms with Crippen molar-refractivity contribution >= 4 is 24.2 Å². The van der Waals surface area contributed by atoms with Crippen LogP contribution in [0.5, 0.6) is 0 Å². The van der Waals surface area contributed by atoms with E-state index in [-0.39, 0.29) is 30.8 Å². The SMILES string of the molecule is CCCNC(=O)CN(C)C(=O)CN1CCC2CNCC2C1.Cl. The summed E-state index contributed by atoms with van der Waals surface area (Å²) in [5, 5.41) is 6.23. The summed E-state index contributed by atoms with van der Waals surface area (Å²) in [4.78, 5) is 27.6. The number of piperidine rings is 1. The van der Waals surface area contributed by atoms with E-state index < -0.39 is 0 Å². The van der Waals surface area contributed by atoms with E-state index in [0.717, 1.165) is 38.5 Å². The molecule has 2 fully saturated rings. The average Bonchev–Trinajstić information content (AvgIpc) is 2.92. The highest BCUT2D eigenvalue weighted by atomic mass is 35.5. The molecule has 2 atom stereocenters. The fourth-order valence-corrected chi connectivity index (χ4v) is 3.19. The monoisotopic (exact) mass is 332 g/mol. The minimum Gasteiger partial charge on any atom is -0.355 e. The van der Waals surface area contributed by atoms with Gasteiger partial charge in [-0.2, -0.15) is 0 Å². The van der Waals surface area contributed by atoms with Crippen LogP contribution in [-0.2, 0) is 9.59 Å². The Labute approximate surface area is 139 Å². The van der Waals surface area contributed by atoms with E-state index in [2.05, 4.69) is 15.5 Å². The van der Waals surface area contributed by atoms with Gasteiger partial charge in [-0.3, -0.25) is 14.5 Å². The van der Waals surface area contributed by atoms with Crippen LogP contribution in [0.15, 0.2) is 0 Å². The number of carbonyl (C=O) groups excluding carboxylic acids is 2. The minimum atomic E-state index is -0.0774. The molecule has 0 aliphatic carbocycles. The molecule has 128 valence electrons.